The van der Waals surface area contributed by atoms with E-state index >= 15 is 0 Å². The van der Waals surface area contributed by atoms with Gasteiger partial charge in [0.15, 0.2) is 0 Å². The van der Waals surface area contributed by atoms with E-state index in [1.54, 1.807) is 13.1 Å². The zero-order chi connectivity index (χ0) is 11.5. The minimum absolute atomic E-state index is 0.263. The van der Waals surface area contributed by atoms with Gasteiger partial charge in [0.2, 0.25) is 0 Å². The predicted molar refractivity (Wildman–Crippen MR) is 61.9 cm³/mol. The van der Waals surface area contributed by atoms with Gasteiger partial charge in [0.05, 0.1) is 12.6 Å². The van der Waals surface area contributed by atoms with Gasteiger partial charge in [-0.1, -0.05) is 11.6 Å². The van der Waals surface area contributed by atoms with E-state index in [2.05, 4.69) is 5.32 Å². The molecule has 0 spiro atoms. The monoisotopic (exact) mass is 241 g/mol. The molecule has 0 saturated carbocycles. The van der Waals surface area contributed by atoms with Gasteiger partial charge in [0, 0.05) is 17.0 Å². The summed E-state index contributed by atoms with van der Waals surface area (Å²) in [4.78, 5) is 0. The van der Waals surface area contributed by atoms with Gasteiger partial charge in [-0.25, -0.2) is 4.39 Å². The Labute approximate surface area is 99.1 Å². The van der Waals surface area contributed by atoms with Crippen LogP contribution in [0, 0.1) is 5.82 Å². The van der Waals surface area contributed by atoms with Crippen LogP contribution in [0.15, 0.2) is 30.0 Å². The fraction of sp³-hybridized carbons (Fsp3) is 0.333. The molecule has 0 radical (unpaired) electrons. The number of rotatable bonds is 3. The summed E-state index contributed by atoms with van der Waals surface area (Å²) in [5.41, 5.74) is 0.517. The predicted octanol–water partition coefficient (Wildman–Crippen LogP) is 3.04. The molecule has 0 aromatic heterocycles. The van der Waals surface area contributed by atoms with Crippen LogP contribution in [0.3, 0.4) is 0 Å². The van der Waals surface area contributed by atoms with Crippen LogP contribution in [-0.4, -0.2) is 13.7 Å². The molecule has 1 unspecified atom stereocenters. The van der Waals surface area contributed by atoms with Crippen LogP contribution in [0.4, 0.5) is 4.39 Å². The second-order valence-corrected chi connectivity index (χ2v) is 4.07. The van der Waals surface area contributed by atoms with Gasteiger partial charge in [0.1, 0.15) is 11.6 Å². The molecule has 4 heteroatoms. The topological polar surface area (TPSA) is 21.3 Å². The number of benzene rings is 1. The van der Waals surface area contributed by atoms with Gasteiger partial charge < -0.3 is 10.1 Å². The molecular formula is C12H13ClFNO. The standard InChI is InChI=1S/C12H13ClFNO/c1-15-12(11-3-2-6-16-11)9-7-8(13)4-5-10(9)14/h3-5,7,12,15H,2,6H2,1H3. The molecule has 2 rings (SSSR count). The molecule has 1 aliphatic rings. The van der Waals surface area contributed by atoms with Crippen molar-refractivity contribution in [2.45, 2.75) is 12.5 Å². The van der Waals surface area contributed by atoms with Crippen molar-refractivity contribution in [3.8, 4) is 0 Å². The van der Waals surface area contributed by atoms with Gasteiger partial charge in [-0.15, -0.1) is 0 Å². The summed E-state index contributed by atoms with van der Waals surface area (Å²) in [5, 5.41) is 3.56. The molecule has 1 aromatic rings. The Kier molecular flexibility index (Phi) is 3.46. The molecule has 1 aromatic carbocycles. The summed E-state index contributed by atoms with van der Waals surface area (Å²) in [6, 6.07) is 4.27. The third-order valence-corrected chi connectivity index (χ3v) is 2.81. The first-order valence-corrected chi connectivity index (χ1v) is 5.55. The summed E-state index contributed by atoms with van der Waals surface area (Å²) >= 11 is 5.87. The lowest BCUT2D eigenvalue weighted by Crippen LogP contribution is -2.20. The Morgan fingerprint density at radius 1 is 1.50 bits per heavy atom. The second-order valence-electron chi connectivity index (χ2n) is 3.63. The van der Waals surface area contributed by atoms with Crippen LogP contribution < -0.4 is 5.32 Å². The summed E-state index contributed by atoms with van der Waals surface area (Å²) in [6.45, 7) is 0.662. The molecule has 1 aliphatic heterocycles. The zero-order valence-corrected chi connectivity index (χ0v) is 9.72. The molecule has 16 heavy (non-hydrogen) atoms. The van der Waals surface area contributed by atoms with Crippen molar-refractivity contribution in [3.05, 3.63) is 46.4 Å². The van der Waals surface area contributed by atoms with Crippen molar-refractivity contribution in [3.63, 3.8) is 0 Å². The van der Waals surface area contributed by atoms with Gasteiger partial charge >= 0.3 is 0 Å². The van der Waals surface area contributed by atoms with E-state index in [9.17, 15) is 4.39 Å². The fourth-order valence-corrected chi connectivity index (χ4v) is 2.01. The lowest BCUT2D eigenvalue weighted by molar-refractivity contribution is 0.217. The molecular weight excluding hydrogens is 229 g/mol. The summed E-state index contributed by atoms with van der Waals surface area (Å²) in [5.74, 6) is 0.490. The molecule has 1 N–H and O–H groups in total. The van der Waals surface area contributed by atoms with Crippen molar-refractivity contribution < 1.29 is 9.13 Å². The van der Waals surface area contributed by atoms with E-state index in [4.69, 9.17) is 16.3 Å². The Morgan fingerprint density at radius 2 is 2.31 bits per heavy atom. The van der Waals surface area contributed by atoms with Crippen molar-refractivity contribution in [2.75, 3.05) is 13.7 Å². The number of nitrogens with one attached hydrogen (secondary N) is 1. The minimum Gasteiger partial charge on any atom is -0.496 e. The molecule has 1 heterocycles. The van der Waals surface area contributed by atoms with Crippen LogP contribution in [0.5, 0.6) is 0 Å². The summed E-state index contributed by atoms with van der Waals surface area (Å²) in [6.07, 6.45) is 2.84. The average Bonchev–Trinajstić information content (AvgIpc) is 2.78. The van der Waals surface area contributed by atoms with E-state index in [0.717, 1.165) is 12.2 Å². The SMILES string of the molecule is CNC(C1=CCCO1)c1cc(Cl)ccc1F. The van der Waals surface area contributed by atoms with Crippen molar-refractivity contribution in [2.24, 2.45) is 0 Å². The molecule has 0 bridgehead atoms. The third kappa shape index (κ3) is 2.20. The van der Waals surface area contributed by atoms with Crippen LogP contribution in [0.2, 0.25) is 5.02 Å². The number of halogens is 2. The Bertz CT molecular complexity index is 419. The molecule has 0 aliphatic carbocycles. The Hall–Kier alpha value is -1.06. The van der Waals surface area contributed by atoms with E-state index in [1.165, 1.54) is 12.1 Å². The number of likely N-dealkylation sites (N-methyl/N-ethyl adjacent to an activating group) is 1. The summed E-state index contributed by atoms with van der Waals surface area (Å²) in [7, 11) is 1.77. The highest BCUT2D eigenvalue weighted by atomic mass is 35.5. The van der Waals surface area contributed by atoms with Crippen LogP contribution >= 0.6 is 11.6 Å². The fourth-order valence-electron chi connectivity index (χ4n) is 1.82. The first-order chi connectivity index (χ1) is 7.72. The first-order valence-electron chi connectivity index (χ1n) is 5.17. The second kappa shape index (κ2) is 4.85. The molecule has 2 nitrogen and oxygen atoms in total. The average molecular weight is 242 g/mol. The van der Waals surface area contributed by atoms with Gasteiger partial charge in [-0.05, 0) is 31.3 Å². The van der Waals surface area contributed by atoms with E-state index in [0.29, 0.717) is 17.2 Å². The largest absolute Gasteiger partial charge is 0.496 e. The van der Waals surface area contributed by atoms with Crippen molar-refractivity contribution in [1.82, 2.24) is 5.32 Å². The molecule has 0 fully saturated rings. The quantitative estimate of drug-likeness (QED) is 0.878. The van der Waals surface area contributed by atoms with Crippen molar-refractivity contribution in [1.29, 1.82) is 0 Å². The van der Waals surface area contributed by atoms with E-state index < -0.39 is 0 Å². The highest BCUT2D eigenvalue weighted by Gasteiger charge is 2.22. The lowest BCUT2D eigenvalue weighted by atomic mass is 10.0. The minimum atomic E-state index is -0.278. The number of hydrogen-bond donors (Lipinski definition) is 1. The number of hydrogen-bond acceptors (Lipinski definition) is 2. The smallest absolute Gasteiger partial charge is 0.128 e. The van der Waals surface area contributed by atoms with E-state index in [1.807, 2.05) is 6.08 Å². The van der Waals surface area contributed by atoms with Gasteiger partial charge in [0.25, 0.3) is 0 Å². The van der Waals surface area contributed by atoms with Crippen LogP contribution in [-0.2, 0) is 4.74 Å². The maximum Gasteiger partial charge on any atom is 0.128 e. The summed E-state index contributed by atoms with van der Waals surface area (Å²) < 4.78 is 19.1. The zero-order valence-electron chi connectivity index (χ0n) is 8.97. The Balaban J connectivity index is 2.35. The maximum absolute atomic E-state index is 13.7. The molecule has 0 amide bonds. The molecule has 0 saturated heterocycles. The normalized spacial score (nSPS) is 16.8. The van der Waals surface area contributed by atoms with Gasteiger partial charge in [-0.3, -0.25) is 0 Å². The van der Waals surface area contributed by atoms with Gasteiger partial charge in [-0.2, -0.15) is 0 Å². The van der Waals surface area contributed by atoms with Crippen LogP contribution in [0.1, 0.15) is 18.0 Å². The van der Waals surface area contributed by atoms with Crippen molar-refractivity contribution >= 4 is 11.6 Å². The number of ether oxygens (including phenoxy) is 1. The maximum atomic E-state index is 13.7. The third-order valence-electron chi connectivity index (χ3n) is 2.57. The molecule has 86 valence electrons. The lowest BCUT2D eigenvalue weighted by Gasteiger charge is -2.18. The van der Waals surface area contributed by atoms with E-state index in [-0.39, 0.29) is 11.9 Å². The highest BCUT2D eigenvalue weighted by molar-refractivity contribution is 6.30. The Morgan fingerprint density at radius 3 is 2.94 bits per heavy atom. The highest BCUT2D eigenvalue weighted by Crippen LogP contribution is 2.29. The van der Waals surface area contributed by atoms with Crippen LogP contribution in [0.25, 0.3) is 0 Å². The first kappa shape index (κ1) is 11.4. The molecule has 1 atom stereocenters.